The molecule has 2 aromatic rings. The zero-order chi connectivity index (χ0) is 19.0. The SMILES string of the molecule is NCCCNCCCCCCCCCCc1ccc(-c2ccccc2)cc1. The Morgan fingerprint density at radius 2 is 1.11 bits per heavy atom. The fourth-order valence-corrected chi connectivity index (χ4v) is 3.49. The van der Waals surface area contributed by atoms with Gasteiger partial charge in [0, 0.05) is 0 Å². The van der Waals surface area contributed by atoms with Gasteiger partial charge in [-0.2, -0.15) is 0 Å². The van der Waals surface area contributed by atoms with Gasteiger partial charge < -0.3 is 11.1 Å². The van der Waals surface area contributed by atoms with Gasteiger partial charge >= 0.3 is 0 Å². The first kappa shape index (κ1) is 21.7. The molecule has 0 aliphatic heterocycles. The standard InChI is InChI=1S/C25H38N2/c26-20-12-22-27-21-11-6-4-2-1-3-5-8-13-23-16-18-25(19-17-23)24-14-9-7-10-15-24/h7,9-10,14-19,27H,1-6,8,11-13,20-22,26H2. The topological polar surface area (TPSA) is 38.0 Å². The summed E-state index contributed by atoms with van der Waals surface area (Å²) in [5.74, 6) is 0. The van der Waals surface area contributed by atoms with Crippen LogP contribution in [-0.4, -0.2) is 19.6 Å². The minimum absolute atomic E-state index is 0.798. The summed E-state index contributed by atoms with van der Waals surface area (Å²) in [6.45, 7) is 3.03. The first-order valence-electron chi connectivity index (χ1n) is 11.0. The maximum absolute atomic E-state index is 5.48. The molecule has 2 aromatic carbocycles. The van der Waals surface area contributed by atoms with Crippen molar-refractivity contribution in [2.45, 2.75) is 64.2 Å². The Morgan fingerprint density at radius 3 is 1.78 bits per heavy atom. The van der Waals surface area contributed by atoms with Crippen molar-refractivity contribution in [3.63, 3.8) is 0 Å². The molecule has 0 aromatic heterocycles. The number of hydrogen-bond donors (Lipinski definition) is 2. The van der Waals surface area contributed by atoms with Crippen molar-refractivity contribution in [1.29, 1.82) is 0 Å². The molecule has 0 fully saturated rings. The van der Waals surface area contributed by atoms with Crippen molar-refractivity contribution in [3.8, 4) is 11.1 Å². The first-order chi connectivity index (χ1) is 13.4. The highest BCUT2D eigenvalue weighted by Gasteiger charge is 1.98. The Hall–Kier alpha value is -1.64. The zero-order valence-electron chi connectivity index (χ0n) is 17.0. The zero-order valence-corrected chi connectivity index (χ0v) is 17.0. The molecule has 0 heterocycles. The molecule has 0 amide bonds. The van der Waals surface area contributed by atoms with E-state index in [0.29, 0.717) is 0 Å². The smallest absolute Gasteiger partial charge is 0.00369 e. The highest BCUT2D eigenvalue weighted by molar-refractivity contribution is 5.63. The van der Waals surface area contributed by atoms with Crippen LogP contribution in [0.3, 0.4) is 0 Å². The largest absolute Gasteiger partial charge is 0.330 e. The summed E-state index contributed by atoms with van der Waals surface area (Å²) in [6, 6.07) is 19.7. The summed E-state index contributed by atoms with van der Waals surface area (Å²) < 4.78 is 0. The second-order valence-electron chi connectivity index (χ2n) is 7.53. The van der Waals surface area contributed by atoms with Crippen molar-refractivity contribution in [3.05, 3.63) is 60.2 Å². The lowest BCUT2D eigenvalue weighted by atomic mass is 10.0. The van der Waals surface area contributed by atoms with Crippen LogP contribution in [-0.2, 0) is 6.42 Å². The van der Waals surface area contributed by atoms with Crippen LogP contribution in [0.4, 0.5) is 0 Å². The van der Waals surface area contributed by atoms with Crippen LogP contribution in [0, 0.1) is 0 Å². The fourth-order valence-electron chi connectivity index (χ4n) is 3.49. The Balaban J connectivity index is 1.44. The van der Waals surface area contributed by atoms with E-state index in [1.54, 1.807) is 0 Å². The van der Waals surface area contributed by atoms with Gasteiger partial charge in [-0.3, -0.25) is 0 Å². The van der Waals surface area contributed by atoms with Crippen molar-refractivity contribution in [2.24, 2.45) is 5.73 Å². The average Bonchev–Trinajstić information content (AvgIpc) is 2.72. The summed E-state index contributed by atoms with van der Waals surface area (Å²) in [6.07, 6.45) is 13.2. The molecule has 0 unspecified atom stereocenters. The lowest BCUT2D eigenvalue weighted by Crippen LogP contribution is -2.19. The highest BCUT2D eigenvalue weighted by Crippen LogP contribution is 2.20. The number of hydrogen-bond acceptors (Lipinski definition) is 2. The molecule has 0 atom stereocenters. The van der Waals surface area contributed by atoms with Crippen LogP contribution in [0.15, 0.2) is 54.6 Å². The van der Waals surface area contributed by atoms with Crippen molar-refractivity contribution in [1.82, 2.24) is 5.32 Å². The van der Waals surface area contributed by atoms with Crippen LogP contribution in [0.2, 0.25) is 0 Å². The fraction of sp³-hybridized carbons (Fsp3) is 0.520. The maximum atomic E-state index is 5.48. The molecule has 0 aliphatic carbocycles. The maximum Gasteiger partial charge on any atom is -0.00369 e. The quantitative estimate of drug-likeness (QED) is 0.382. The van der Waals surface area contributed by atoms with Gasteiger partial charge in [-0.05, 0) is 62.0 Å². The lowest BCUT2D eigenvalue weighted by Gasteiger charge is -2.06. The summed E-state index contributed by atoms with van der Waals surface area (Å²) >= 11 is 0. The number of aryl methyl sites for hydroxylation is 1. The van der Waals surface area contributed by atoms with E-state index in [-0.39, 0.29) is 0 Å². The molecule has 0 spiro atoms. The van der Waals surface area contributed by atoms with Crippen LogP contribution in [0.1, 0.15) is 63.4 Å². The molecule has 0 radical (unpaired) electrons. The molecule has 0 aliphatic rings. The molecule has 27 heavy (non-hydrogen) atoms. The summed E-state index contributed by atoms with van der Waals surface area (Å²) in [5.41, 5.74) is 9.56. The van der Waals surface area contributed by atoms with Gasteiger partial charge in [0.05, 0.1) is 0 Å². The highest BCUT2D eigenvalue weighted by atomic mass is 14.8. The Morgan fingerprint density at radius 1 is 0.556 bits per heavy atom. The first-order valence-corrected chi connectivity index (χ1v) is 11.0. The van der Waals surface area contributed by atoms with E-state index in [9.17, 15) is 0 Å². The second-order valence-corrected chi connectivity index (χ2v) is 7.53. The molecule has 2 rings (SSSR count). The second kappa shape index (κ2) is 14.4. The van der Waals surface area contributed by atoms with Gasteiger partial charge in [0.25, 0.3) is 0 Å². The number of rotatable bonds is 15. The van der Waals surface area contributed by atoms with Crippen LogP contribution < -0.4 is 11.1 Å². The third kappa shape index (κ3) is 9.74. The number of unbranched alkanes of at least 4 members (excludes halogenated alkanes) is 7. The molecular formula is C25H38N2. The average molecular weight is 367 g/mol. The molecule has 3 N–H and O–H groups in total. The normalized spacial score (nSPS) is 11.0. The molecule has 0 saturated carbocycles. The Labute approximate surface area is 166 Å². The molecule has 0 bridgehead atoms. The number of nitrogens with one attached hydrogen (secondary N) is 1. The third-order valence-electron chi connectivity index (χ3n) is 5.19. The summed E-state index contributed by atoms with van der Waals surface area (Å²) in [7, 11) is 0. The van der Waals surface area contributed by atoms with Crippen molar-refractivity contribution in [2.75, 3.05) is 19.6 Å². The van der Waals surface area contributed by atoms with Gasteiger partial charge in [0.2, 0.25) is 0 Å². The van der Waals surface area contributed by atoms with E-state index in [1.165, 1.54) is 74.5 Å². The van der Waals surface area contributed by atoms with Crippen molar-refractivity contribution < 1.29 is 0 Å². The van der Waals surface area contributed by atoms with E-state index in [0.717, 1.165) is 26.1 Å². The van der Waals surface area contributed by atoms with Gasteiger partial charge in [0.1, 0.15) is 0 Å². The minimum Gasteiger partial charge on any atom is -0.330 e. The summed E-state index contributed by atoms with van der Waals surface area (Å²) in [5, 5.41) is 3.45. The molecule has 2 heteroatoms. The van der Waals surface area contributed by atoms with E-state index >= 15 is 0 Å². The lowest BCUT2D eigenvalue weighted by molar-refractivity contribution is 0.548. The van der Waals surface area contributed by atoms with E-state index < -0.39 is 0 Å². The van der Waals surface area contributed by atoms with Crippen LogP contribution in [0.25, 0.3) is 11.1 Å². The predicted octanol–water partition coefficient (Wildman–Crippen LogP) is 5.96. The molecule has 0 saturated heterocycles. The van der Waals surface area contributed by atoms with E-state index in [4.69, 9.17) is 5.73 Å². The van der Waals surface area contributed by atoms with Gasteiger partial charge in [0.15, 0.2) is 0 Å². The van der Waals surface area contributed by atoms with Gasteiger partial charge in [-0.15, -0.1) is 0 Å². The van der Waals surface area contributed by atoms with Crippen LogP contribution >= 0.6 is 0 Å². The molecular weight excluding hydrogens is 328 g/mol. The predicted molar refractivity (Wildman–Crippen MR) is 119 cm³/mol. The summed E-state index contributed by atoms with van der Waals surface area (Å²) in [4.78, 5) is 0. The van der Waals surface area contributed by atoms with Gasteiger partial charge in [-0.1, -0.05) is 93.1 Å². The monoisotopic (exact) mass is 366 g/mol. The number of benzene rings is 2. The van der Waals surface area contributed by atoms with Crippen molar-refractivity contribution >= 4 is 0 Å². The number of nitrogens with two attached hydrogens (primary N) is 1. The molecule has 2 nitrogen and oxygen atoms in total. The van der Waals surface area contributed by atoms with Crippen LogP contribution in [0.5, 0.6) is 0 Å². The van der Waals surface area contributed by atoms with E-state index in [1.807, 2.05) is 0 Å². The van der Waals surface area contributed by atoms with E-state index in [2.05, 4.69) is 59.9 Å². The Bertz CT molecular complexity index is 577. The van der Waals surface area contributed by atoms with Gasteiger partial charge in [-0.25, -0.2) is 0 Å². The Kier molecular flexibility index (Phi) is 11.6. The third-order valence-corrected chi connectivity index (χ3v) is 5.19. The molecule has 148 valence electrons. The minimum atomic E-state index is 0.798.